The molecule has 0 saturated heterocycles. The quantitative estimate of drug-likeness (QED) is 0.279. The molecule has 0 saturated carbocycles. The number of hydrogen-bond donors (Lipinski definition) is 0. The first-order valence-corrected chi connectivity index (χ1v) is 11.7. The first-order valence-electron chi connectivity index (χ1n) is 11.7. The van der Waals surface area contributed by atoms with Crippen LogP contribution in [0.3, 0.4) is 0 Å². The van der Waals surface area contributed by atoms with Crippen molar-refractivity contribution in [2.75, 3.05) is 18.7 Å². The van der Waals surface area contributed by atoms with Gasteiger partial charge in [0, 0.05) is 28.7 Å². The molecule has 1 aliphatic rings. The summed E-state index contributed by atoms with van der Waals surface area (Å²) in [6.45, 7) is 5.23. The van der Waals surface area contributed by atoms with Crippen LogP contribution >= 0.6 is 0 Å². The van der Waals surface area contributed by atoms with Gasteiger partial charge in [0.15, 0.2) is 6.73 Å². The van der Waals surface area contributed by atoms with Crippen LogP contribution in [0.15, 0.2) is 69.9 Å². The fourth-order valence-electron chi connectivity index (χ4n) is 4.52. The second-order valence-corrected chi connectivity index (χ2v) is 8.85. The van der Waals surface area contributed by atoms with Gasteiger partial charge in [-0.1, -0.05) is 30.3 Å². The zero-order valence-corrected chi connectivity index (χ0v) is 20.5. The van der Waals surface area contributed by atoms with E-state index in [1.54, 1.807) is 0 Å². The molecule has 184 valence electrons. The number of carbonyl (C=O) groups is 1. The molecule has 7 nitrogen and oxygen atoms in total. The molecule has 0 unspecified atom stereocenters. The Bertz CT molecular complexity index is 1470. The van der Waals surface area contributed by atoms with E-state index in [1.807, 2.05) is 74.5 Å². The van der Waals surface area contributed by atoms with E-state index in [4.69, 9.17) is 18.6 Å². The van der Waals surface area contributed by atoms with Crippen molar-refractivity contribution in [1.82, 2.24) is 0 Å². The van der Waals surface area contributed by atoms with Crippen molar-refractivity contribution in [3.05, 3.63) is 98.9 Å². The molecule has 0 spiro atoms. The first-order chi connectivity index (χ1) is 17.4. The Kier molecular flexibility index (Phi) is 6.38. The number of aryl methyl sites for hydroxylation is 2. The number of hydrogen-bond acceptors (Lipinski definition) is 7. The van der Waals surface area contributed by atoms with Gasteiger partial charge in [-0.25, -0.2) is 4.79 Å². The minimum atomic E-state index is -0.527. The number of benzene rings is 3. The van der Waals surface area contributed by atoms with E-state index in [0.29, 0.717) is 31.0 Å². The smallest absolute Gasteiger partial charge is 0.340 e. The molecule has 4 aromatic rings. The summed E-state index contributed by atoms with van der Waals surface area (Å²) >= 11 is 0. The van der Waals surface area contributed by atoms with E-state index >= 15 is 0 Å². The monoisotopic (exact) mass is 485 g/mol. The Morgan fingerprint density at radius 2 is 1.78 bits per heavy atom. The molecule has 3 aromatic carbocycles. The Morgan fingerprint density at radius 1 is 1.03 bits per heavy atom. The molecule has 5 rings (SSSR count). The second-order valence-electron chi connectivity index (χ2n) is 8.85. The molecule has 1 aromatic heterocycles. The van der Waals surface area contributed by atoms with Crippen molar-refractivity contribution in [1.29, 1.82) is 0 Å². The maximum Gasteiger partial charge on any atom is 0.340 e. The summed E-state index contributed by atoms with van der Waals surface area (Å²) in [5.74, 6) is 1.04. The summed E-state index contributed by atoms with van der Waals surface area (Å²) in [7, 11) is 1.30. The van der Waals surface area contributed by atoms with E-state index in [-0.39, 0.29) is 6.42 Å². The highest BCUT2D eigenvalue weighted by molar-refractivity contribution is 5.88. The third-order valence-corrected chi connectivity index (χ3v) is 6.56. The minimum absolute atomic E-state index is 0.127. The number of rotatable bonds is 6. The normalized spacial score (nSPS) is 12.7. The zero-order valence-electron chi connectivity index (χ0n) is 20.5. The van der Waals surface area contributed by atoms with Gasteiger partial charge in [0.1, 0.15) is 23.7 Å². The van der Waals surface area contributed by atoms with Gasteiger partial charge in [-0.15, -0.1) is 0 Å². The van der Waals surface area contributed by atoms with Gasteiger partial charge in [-0.2, -0.15) is 0 Å². The molecule has 0 aliphatic carbocycles. The van der Waals surface area contributed by atoms with Crippen molar-refractivity contribution < 1.29 is 23.4 Å². The molecule has 7 heteroatoms. The van der Waals surface area contributed by atoms with Gasteiger partial charge < -0.3 is 23.5 Å². The van der Waals surface area contributed by atoms with Crippen molar-refractivity contribution in [3.8, 4) is 11.5 Å². The molecule has 0 atom stereocenters. The predicted octanol–water partition coefficient (Wildman–Crippen LogP) is 5.06. The lowest BCUT2D eigenvalue weighted by molar-refractivity contribution is -0.139. The number of fused-ring (bicyclic) bond motifs is 2. The van der Waals surface area contributed by atoms with E-state index in [1.165, 1.54) is 7.11 Å². The highest BCUT2D eigenvalue weighted by atomic mass is 16.5. The minimum Gasteiger partial charge on any atom is -0.489 e. The summed E-state index contributed by atoms with van der Waals surface area (Å²) < 4.78 is 22.4. The number of carbonyl (C=O) groups excluding carboxylic acids is 1. The van der Waals surface area contributed by atoms with Gasteiger partial charge in [0.25, 0.3) is 0 Å². The molecule has 36 heavy (non-hydrogen) atoms. The Labute approximate surface area is 208 Å². The largest absolute Gasteiger partial charge is 0.489 e. The van der Waals surface area contributed by atoms with Gasteiger partial charge >= 0.3 is 11.6 Å². The van der Waals surface area contributed by atoms with E-state index in [0.717, 1.165) is 44.8 Å². The van der Waals surface area contributed by atoms with Gasteiger partial charge in [-0.3, -0.25) is 4.79 Å². The third-order valence-electron chi connectivity index (χ3n) is 6.56. The van der Waals surface area contributed by atoms with Gasteiger partial charge in [0.05, 0.1) is 19.1 Å². The molecule has 1 aliphatic heterocycles. The lowest BCUT2D eigenvalue weighted by atomic mass is 9.97. The van der Waals surface area contributed by atoms with Crippen molar-refractivity contribution >= 4 is 22.6 Å². The first kappa shape index (κ1) is 23.5. The van der Waals surface area contributed by atoms with Crippen molar-refractivity contribution in [3.63, 3.8) is 0 Å². The summed E-state index contributed by atoms with van der Waals surface area (Å²) in [4.78, 5) is 26.5. The van der Waals surface area contributed by atoms with Crippen LogP contribution in [0.2, 0.25) is 0 Å². The van der Waals surface area contributed by atoms with Crippen molar-refractivity contribution in [2.24, 2.45) is 0 Å². The van der Waals surface area contributed by atoms with Crippen LogP contribution in [-0.4, -0.2) is 19.8 Å². The number of nitrogens with zero attached hydrogens (tertiary/aromatic N) is 1. The lowest BCUT2D eigenvalue weighted by Crippen LogP contribution is -2.32. The number of ether oxygens (including phenoxy) is 3. The molecule has 0 fully saturated rings. The Morgan fingerprint density at radius 3 is 2.50 bits per heavy atom. The van der Waals surface area contributed by atoms with Crippen LogP contribution in [-0.2, 0) is 29.1 Å². The highest BCUT2D eigenvalue weighted by Crippen LogP contribution is 2.37. The molecule has 0 bridgehead atoms. The van der Waals surface area contributed by atoms with Gasteiger partial charge in [0.2, 0.25) is 0 Å². The Balaban J connectivity index is 1.39. The summed E-state index contributed by atoms with van der Waals surface area (Å²) in [6, 6.07) is 20.0. The SMILES string of the molecule is COC(=O)Cc1c(C)c2cc3c(c(C)c2oc1=O)OCN(c1ccc(OCc2ccccc2)cc1)C3. The maximum atomic E-state index is 12.6. The average molecular weight is 486 g/mol. The number of esters is 1. The number of methoxy groups -OCH3 is 1. The molecular formula is C29H27NO6. The highest BCUT2D eigenvalue weighted by Gasteiger charge is 2.24. The molecule has 0 amide bonds. The topological polar surface area (TPSA) is 78.2 Å². The number of anilines is 1. The van der Waals surface area contributed by atoms with Gasteiger partial charge in [-0.05, 0) is 55.3 Å². The standard InChI is InChI=1S/C29H27NO6/c1-18-24-13-21-15-30(22-9-11-23(12-10-22)34-16-20-7-5-4-6-8-20)17-35-27(21)19(2)28(24)36-29(32)25(18)14-26(31)33-3/h4-13H,14-17H2,1-3H3. The van der Waals surface area contributed by atoms with Crippen LogP contribution in [0.4, 0.5) is 5.69 Å². The third kappa shape index (κ3) is 4.52. The molecule has 0 N–H and O–H groups in total. The molecular weight excluding hydrogens is 458 g/mol. The maximum absolute atomic E-state index is 12.6. The van der Waals surface area contributed by atoms with Crippen LogP contribution in [0.25, 0.3) is 11.0 Å². The summed E-state index contributed by atoms with van der Waals surface area (Å²) in [5, 5.41) is 0.792. The fraction of sp³-hybridized carbons (Fsp3) is 0.241. The summed E-state index contributed by atoms with van der Waals surface area (Å²) in [6.07, 6.45) is -0.127. The molecule has 0 radical (unpaired) electrons. The van der Waals surface area contributed by atoms with E-state index in [9.17, 15) is 9.59 Å². The van der Waals surface area contributed by atoms with E-state index in [2.05, 4.69) is 4.90 Å². The van der Waals surface area contributed by atoms with Crippen LogP contribution in [0.5, 0.6) is 11.5 Å². The second kappa shape index (κ2) is 9.77. The lowest BCUT2D eigenvalue weighted by Gasteiger charge is -2.32. The zero-order chi connectivity index (χ0) is 25.2. The van der Waals surface area contributed by atoms with Crippen LogP contribution in [0, 0.1) is 13.8 Å². The van der Waals surface area contributed by atoms with Crippen LogP contribution < -0.4 is 20.0 Å². The Hall–Kier alpha value is -4.26. The van der Waals surface area contributed by atoms with E-state index < -0.39 is 11.6 Å². The molecule has 2 heterocycles. The fourth-order valence-corrected chi connectivity index (χ4v) is 4.52. The van der Waals surface area contributed by atoms with Crippen LogP contribution in [0.1, 0.15) is 27.8 Å². The summed E-state index contributed by atoms with van der Waals surface area (Å²) in [5.41, 5.74) is 4.87. The average Bonchev–Trinajstić information content (AvgIpc) is 2.91. The predicted molar refractivity (Wildman–Crippen MR) is 137 cm³/mol. The van der Waals surface area contributed by atoms with Crippen molar-refractivity contribution in [2.45, 2.75) is 33.4 Å².